The van der Waals surface area contributed by atoms with E-state index in [-0.39, 0.29) is 17.7 Å². The molecule has 2 N–H and O–H groups in total. The number of nitrogens with one attached hydrogen (secondary N) is 2. The highest BCUT2D eigenvalue weighted by molar-refractivity contribution is 7.17. The van der Waals surface area contributed by atoms with Crippen molar-refractivity contribution in [2.75, 3.05) is 19.4 Å². The van der Waals surface area contributed by atoms with Crippen molar-refractivity contribution >= 4 is 28.2 Å². The Morgan fingerprint density at radius 1 is 1.00 bits per heavy atom. The number of carbonyl (C=O) groups is 2. The van der Waals surface area contributed by atoms with Gasteiger partial charge in [0.25, 0.3) is 5.91 Å². The van der Waals surface area contributed by atoms with Crippen LogP contribution in [-0.4, -0.2) is 30.9 Å². The first-order valence-corrected chi connectivity index (χ1v) is 10.3. The molecule has 0 radical (unpaired) electrons. The molecule has 25 heavy (non-hydrogen) atoms. The summed E-state index contributed by atoms with van der Waals surface area (Å²) in [4.78, 5) is 26.8. The van der Waals surface area contributed by atoms with Gasteiger partial charge in [-0.05, 0) is 44.1 Å². The molecule has 0 atom stereocenters. The van der Waals surface area contributed by atoms with E-state index in [0.29, 0.717) is 5.56 Å². The van der Waals surface area contributed by atoms with Gasteiger partial charge in [-0.2, -0.15) is 0 Å². The zero-order valence-electron chi connectivity index (χ0n) is 15.3. The van der Waals surface area contributed by atoms with Crippen molar-refractivity contribution in [2.45, 2.75) is 64.2 Å². The van der Waals surface area contributed by atoms with Gasteiger partial charge in [-0.15, -0.1) is 11.3 Å². The maximum absolute atomic E-state index is 12.8. The summed E-state index contributed by atoms with van der Waals surface area (Å²) < 4.78 is 0. The molecular formula is C19H29N3O2S. The fourth-order valence-corrected chi connectivity index (χ4v) is 5.20. The van der Waals surface area contributed by atoms with E-state index >= 15 is 0 Å². The van der Waals surface area contributed by atoms with Gasteiger partial charge < -0.3 is 5.32 Å². The standard InChI is InChI=1S/C19H29N3O2S/c1-22(2)21-18(24)16-14-11-7-4-8-12-15(14)25-19(16)20-17(23)13-9-5-3-6-10-13/h13H,3-12H2,1-2H3,(H,20,23)(H,21,24). The summed E-state index contributed by atoms with van der Waals surface area (Å²) in [5.74, 6) is 0.0822. The molecule has 6 heteroatoms. The zero-order valence-corrected chi connectivity index (χ0v) is 16.1. The Labute approximate surface area is 154 Å². The van der Waals surface area contributed by atoms with Crippen LogP contribution in [0.4, 0.5) is 5.00 Å². The molecule has 1 saturated carbocycles. The minimum absolute atomic E-state index is 0.0926. The van der Waals surface area contributed by atoms with Crippen molar-refractivity contribution in [1.82, 2.24) is 10.4 Å². The third kappa shape index (κ3) is 4.42. The van der Waals surface area contributed by atoms with Crippen LogP contribution in [-0.2, 0) is 17.6 Å². The Hall–Kier alpha value is -1.40. The number of hydrogen-bond acceptors (Lipinski definition) is 4. The van der Waals surface area contributed by atoms with E-state index in [0.717, 1.165) is 61.9 Å². The molecule has 1 aromatic heterocycles. The second-order valence-electron chi connectivity index (χ2n) is 7.43. The molecule has 0 unspecified atom stereocenters. The van der Waals surface area contributed by atoms with Crippen molar-refractivity contribution in [3.8, 4) is 0 Å². The number of hydrogen-bond donors (Lipinski definition) is 2. The van der Waals surface area contributed by atoms with Gasteiger partial charge in [-0.1, -0.05) is 25.7 Å². The molecule has 0 aromatic carbocycles. The maximum atomic E-state index is 12.8. The average Bonchev–Trinajstić information content (AvgIpc) is 2.76. The monoisotopic (exact) mass is 363 g/mol. The SMILES string of the molecule is CN(C)NC(=O)c1c(NC(=O)C2CCCCC2)sc2c1CCCCC2. The highest BCUT2D eigenvalue weighted by Crippen LogP contribution is 2.38. The summed E-state index contributed by atoms with van der Waals surface area (Å²) in [6.07, 6.45) is 10.9. The number of aryl methyl sites for hydroxylation is 1. The number of nitrogens with zero attached hydrogens (tertiary/aromatic N) is 1. The second kappa shape index (κ2) is 8.32. The lowest BCUT2D eigenvalue weighted by Crippen LogP contribution is -2.37. The lowest BCUT2D eigenvalue weighted by Gasteiger charge is -2.21. The maximum Gasteiger partial charge on any atom is 0.268 e. The predicted molar refractivity (Wildman–Crippen MR) is 102 cm³/mol. The van der Waals surface area contributed by atoms with Crippen LogP contribution >= 0.6 is 11.3 Å². The van der Waals surface area contributed by atoms with Crippen LogP contribution in [0.15, 0.2) is 0 Å². The summed E-state index contributed by atoms with van der Waals surface area (Å²) in [5.41, 5.74) is 4.71. The Morgan fingerprint density at radius 3 is 2.40 bits per heavy atom. The summed E-state index contributed by atoms with van der Waals surface area (Å²) in [7, 11) is 3.62. The molecule has 0 bridgehead atoms. The second-order valence-corrected chi connectivity index (χ2v) is 8.53. The lowest BCUT2D eigenvalue weighted by molar-refractivity contribution is -0.120. The van der Waals surface area contributed by atoms with E-state index in [1.54, 1.807) is 16.3 Å². The van der Waals surface area contributed by atoms with Crippen molar-refractivity contribution < 1.29 is 9.59 Å². The van der Waals surface area contributed by atoms with E-state index in [9.17, 15) is 9.59 Å². The molecule has 2 aliphatic rings. The van der Waals surface area contributed by atoms with Gasteiger partial charge in [-0.25, -0.2) is 5.01 Å². The number of fused-ring (bicyclic) bond motifs is 1. The van der Waals surface area contributed by atoms with Gasteiger partial charge in [0.15, 0.2) is 0 Å². The fourth-order valence-electron chi connectivity index (χ4n) is 3.91. The Morgan fingerprint density at radius 2 is 1.68 bits per heavy atom. The van der Waals surface area contributed by atoms with Gasteiger partial charge in [0.1, 0.15) is 5.00 Å². The van der Waals surface area contributed by atoms with E-state index in [2.05, 4.69) is 10.7 Å². The fraction of sp³-hybridized carbons (Fsp3) is 0.684. The van der Waals surface area contributed by atoms with Crippen molar-refractivity contribution in [2.24, 2.45) is 5.92 Å². The average molecular weight is 364 g/mol. The highest BCUT2D eigenvalue weighted by atomic mass is 32.1. The summed E-state index contributed by atoms with van der Waals surface area (Å²) in [6.45, 7) is 0. The van der Waals surface area contributed by atoms with Crippen LogP contribution < -0.4 is 10.7 Å². The first-order valence-electron chi connectivity index (χ1n) is 9.50. The third-order valence-electron chi connectivity index (χ3n) is 5.19. The molecule has 2 aliphatic carbocycles. The molecule has 2 amide bonds. The first-order chi connectivity index (χ1) is 12.1. The van der Waals surface area contributed by atoms with Crippen LogP contribution in [0.5, 0.6) is 0 Å². The van der Waals surface area contributed by atoms with Gasteiger partial charge in [0.2, 0.25) is 5.91 Å². The van der Waals surface area contributed by atoms with Crippen molar-refractivity contribution in [3.05, 3.63) is 16.0 Å². The molecule has 1 aromatic rings. The molecule has 0 spiro atoms. The summed E-state index contributed by atoms with van der Waals surface area (Å²) in [6, 6.07) is 0. The molecule has 3 rings (SSSR count). The molecular weight excluding hydrogens is 334 g/mol. The predicted octanol–water partition coefficient (Wildman–Crippen LogP) is 3.74. The Balaban J connectivity index is 1.86. The van der Waals surface area contributed by atoms with Gasteiger partial charge in [0.05, 0.1) is 5.56 Å². The number of amides is 2. The normalized spacial score (nSPS) is 18.5. The van der Waals surface area contributed by atoms with E-state index in [1.165, 1.54) is 17.7 Å². The van der Waals surface area contributed by atoms with Crippen LogP contribution in [0.3, 0.4) is 0 Å². The van der Waals surface area contributed by atoms with E-state index in [1.807, 2.05) is 14.1 Å². The molecule has 1 fully saturated rings. The van der Waals surface area contributed by atoms with Gasteiger partial charge in [-0.3, -0.25) is 15.0 Å². The summed E-state index contributed by atoms with van der Waals surface area (Å²) >= 11 is 1.61. The van der Waals surface area contributed by atoms with E-state index < -0.39 is 0 Å². The number of rotatable bonds is 4. The number of thiophene rings is 1. The lowest BCUT2D eigenvalue weighted by atomic mass is 9.88. The van der Waals surface area contributed by atoms with Crippen LogP contribution in [0.25, 0.3) is 0 Å². The third-order valence-corrected chi connectivity index (χ3v) is 6.39. The van der Waals surface area contributed by atoms with Gasteiger partial charge >= 0.3 is 0 Å². The highest BCUT2D eigenvalue weighted by Gasteiger charge is 2.28. The molecule has 5 nitrogen and oxygen atoms in total. The van der Waals surface area contributed by atoms with Crippen molar-refractivity contribution in [3.63, 3.8) is 0 Å². The minimum Gasteiger partial charge on any atom is -0.317 e. The molecule has 0 aliphatic heterocycles. The minimum atomic E-state index is -0.108. The summed E-state index contributed by atoms with van der Waals surface area (Å²) in [5, 5.41) is 5.53. The zero-order chi connectivity index (χ0) is 17.8. The van der Waals surface area contributed by atoms with Crippen molar-refractivity contribution in [1.29, 1.82) is 0 Å². The largest absolute Gasteiger partial charge is 0.317 e. The van der Waals surface area contributed by atoms with Gasteiger partial charge in [0, 0.05) is 24.9 Å². The Bertz CT molecular complexity index is 633. The number of carbonyl (C=O) groups excluding carboxylic acids is 2. The van der Waals surface area contributed by atoms with Crippen LogP contribution in [0.1, 0.15) is 72.2 Å². The molecule has 1 heterocycles. The van der Waals surface area contributed by atoms with E-state index in [4.69, 9.17) is 0 Å². The topological polar surface area (TPSA) is 61.4 Å². The Kier molecular flexibility index (Phi) is 6.12. The number of hydrazine groups is 1. The van der Waals surface area contributed by atoms with Crippen LogP contribution in [0, 0.1) is 5.92 Å². The number of anilines is 1. The molecule has 138 valence electrons. The van der Waals surface area contributed by atoms with Crippen LogP contribution in [0.2, 0.25) is 0 Å². The smallest absolute Gasteiger partial charge is 0.268 e. The molecule has 0 saturated heterocycles. The first kappa shape index (κ1) is 18.4. The quantitative estimate of drug-likeness (QED) is 0.633.